The number of likely N-dealkylation sites (tertiary alicyclic amines) is 1. The van der Waals surface area contributed by atoms with Crippen molar-refractivity contribution >= 4 is 11.6 Å². The number of benzene rings is 2. The fraction of sp³-hybridized carbons (Fsp3) is 0.519. The number of carbonyl (C=O) groups is 1. The summed E-state index contributed by atoms with van der Waals surface area (Å²) in [6.07, 6.45) is 5.76. The molecule has 2 aliphatic rings. The van der Waals surface area contributed by atoms with Gasteiger partial charge in [-0.05, 0) is 29.9 Å². The molecule has 7 nitrogen and oxygen atoms in total. The zero-order valence-corrected chi connectivity index (χ0v) is 20.0. The summed E-state index contributed by atoms with van der Waals surface area (Å²) in [6.45, 7) is 3.41. The number of rotatable bonds is 9. The van der Waals surface area contributed by atoms with Crippen LogP contribution in [-0.4, -0.2) is 60.0 Å². The lowest BCUT2D eigenvalue weighted by atomic mass is 9.87. The second kappa shape index (κ2) is 11.6. The number of hydrogen-bond donors (Lipinski definition) is 0. The topological polar surface area (TPSA) is 75.9 Å². The second-order valence-electron chi connectivity index (χ2n) is 9.67. The standard InChI is InChI=1S/C27H35N3O4/c1-34-20-27(31)29(24-10-6-3-7-11-24)18-23-17-28(19-26(23)22-8-4-2-5-9-22)16-21-12-14-25(15-13-21)30(32)33/h2,4-5,8-9,12-15,23-24,26H,3,6-7,10-11,16-20H2,1H3. The van der Waals surface area contributed by atoms with Crippen molar-refractivity contribution in [1.82, 2.24) is 9.80 Å². The number of methoxy groups -OCH3 is 1. The number of ether oxygens (including phenoxy) is 1. The Kier molecular flexibility index (Phi) is 8.29. The van der Waals surface area contributed by atoms with Crippen molar-refractivity contribution in [2.75, 3.05) is 33.4 Å². The molecule has 1 amide bonds. The number of nitro groups is 1. The summed E-state index contributed by atoms with van der Waals surface area (Å²) < 4.78 is 5.23. The summed E-state index contributed by atoms with van der Waals surface area (Å²) in [5, 5.41) is 11.0. The zero-order chi connectivity index (χ0) is 23.9. The molecule has 2 fully saturated rings. The van der Waals surface area contributed by atoms with E-state index in [1.807, 2.05) is 18.2 Å². The highest BCUT2D eigenvalue weighted by molar-refractivity contribution is 5.77. The molecule has 2 atom stereocenters. The van der Waals surface area contributed by atoms with E-state index in [1.165, 1.54) is 24.8 Å². The van der Waals surface area contributed by atoms with Crippen LogP contribution >= 0.6 is 0 Å². The number of non-ortho nitro benzene ring substituents is 1. The van der Waals surface area contributed by atoms with Crippen molar-refractivity contribution in [3.8, 4) is 0 Å². The van der Waals surface area contributed by atoms with E-state index in [0.29, 0.717) is 17.9 Å². The lowest BCUT2D eigenvalue weighted by molar-refractivity contribution is -0.384. The molecule has 2 unspecified atom stereocenters. The third-order valence-corrected chi connectivity index (χ3v) is 7.33. The Labute approximate surface area is 201 Å². The van der Waals surface area contributed by atoms with Gasteiger partial charge in [-0.3, -0.25) is 19.8 Å². The molecule has 2 aromatic rings. The first-order valence-corrected chi connectivity index (χ1v) is 12.3. The Morgan fingerprint density at radius 1 is 1.06 bits per heavy atom. The Morgan fingerprint density at radius 3 is 2.41 bits per heavy atom. The molecule has 2 aromatic carbocycles. The minimum absolute atomic E-state index is 0.0926. The maximum atomic E-state index is 13.1. The second-order valence-corrected chi connectivity index (χ2v) is 9.67. The van der Waals surface area contributed by atoms with Crippen molar-refractivity contribution in [2.45, 2.75) is 50.6 Å². The van der Waals surface area contributed by atoms with Crippen LogP contribution in [0.1, 0.15) is 49.1 Å². The van der Waals surface area contributed by atoms with Crippen LogP contribution in [-0.2, 0) is 16.1 Å². The molecule has 0 bridgehead atoms. The van der Waals surface area contributed by atoms with Gasteiger partial charge in [0.2, 0.25) is 5.91 Å². The fourth-order valence-electron chi connectivity index (χ4n) is 5.64. The van der Waals surface area contributed by atoms with Crippen molar-refractivity contribution in [1.29, 1.82) is 0 Å². The smallest absolute Gasteiger partial charge is 0.269 e. The summed E-state index contributed by atoms with van der Waals surface area (Å²) in [5.74, 6) is 0.749. The predicted molar refractivity (Wildman–Crippen MR) is 132 cm³/mol. The fourth-order valence-corrected chi connectivity index (χ4v) is 5.64. The monoisotopic (exact) mass is 465 g/mol. The predicted octanol–water partition coefficient (Wildman–Crippen LogP) is 4.62. The van der Waals surface area contributed by atoms with Crippen LogP contribution in [0.4, 0.5) is 5.69 Å². The maximum Gasteiger partial charge on any atom is 0.269 e. The Bertz CT molecular complexity index is 944. The summed E-state index contributed by atoms with van der Waals surface area (Å²) in [7, 11) is 1.59. The van der Waals surface area contributed by atoms with Crippen molar-refractivity contribution < 1.29 is 14.5 Å². The SMILES string of the molecule is COCC(=O)N(CC1CN(Cc2ccc([N+](=O)[O-])cc2)CC1c1ccccc1)C1CCCCC1. The van der Waals surface area contributed by atoms with Gasteiger partial charge in [0.05, 0.1) is 4.92 Å². The van der Waals surface area contributed by atoms with E-state index in [2.05, 4.69) is 34.1 Å². The molecular weight excluding hydrogens is 430 g/mol. The highest BCUT2D eigenvalue weighted by Crippen LogP contribution is 2.35. The van der Waals surface area contributed by atoms with Crippen molar-refractivity contribution in [3.63, 3.8) is 0 Å². The lowest BCUT2D eigenvalue weighted by Gasteiger charge is -2.37. The molecule has 34 heavy (non-hydrogen) atoms. The molecule has 7 heteroatoms. The average molecular weight is 466 g/mol. The quantitative estimate of drug-likeness (QED) is 0.399. The maximum absolute atomic E-state index is 13.1. The van der Waals surface area contributed by atoms with Gasteiger partial charge in [0, 0.05) is 57.4 Å². The van der Waals surface area contributed by atoms with Gasteiger partial charge in [-0.1, -0.05) is 61.7 Å². The summed E-state index contributed by atoms with van der Waals surface area (Å²) in [4.78, 5) is 28.2. The van der Waals surface area contributed by atoms with E-state index in [1.54, 1.807) is 19.2 Å². The number of nitro benzene ring substituents is 1. The highest BCUT2D eigenvalue weighted by Gasteiger charge is 2.37. The molecule has 1 aliphatic heterocycles. The first kappa shape index (κ1) is 24.4. The normalized spacial score (nSPS) is 21.4. The number of amides is 1. The number of carbonyl (C=O) groups excluding carboxylic acids is 1. The van der Waals surface area contributed by atoms with Gasteiger partial charge in [0.15, 0.2) is 0 Å². The Hall–Kier alpha value is -2.77. The number of nitrogens with zero attached hydrogens (tertiary/aromatic N) is 3. The molecule has 1 aliphatic carbocycles. The Morgan fingerprint density at radius 2 is 1.76 bits per heavy atom. The average Bonchev–Trinajstić information content (AvgIpc) is 3.26. The van der Waals surface area contributed by atoms with Crippen LogP contribution < -0.4 is 0 Å². The molecule has 0 aromatic heterocycles. The van der Waals surface area contributed by atoms with Gasteiger partial charge < -0.3 is 9.64 Å². The minimum Gasteiger partial charge on any atom is -0.375 e. The van der Waals surface area contributed by atoms with E-state index in [-0.39, 0.29) is 23.1 Å². The van der Waals surface area contributed by atoms with E-state index in [4.69, 9.17) is 4.74 Å². The van der Waals surface area contributed by atoms with Crippen molar-refractivity contribution in [2.24, 2.45) is 5.92 Å². The van der Waals surface area contributed by atoms with E-state index >= 15 is 0 Å². The van der Waals surface area contributed by atoms with E-state index in [0.717, 1.165) is 44.6 Å². The van der Waals surface area contributed by atoms with Crippen LogP contribution in [0.25, 0.3) is 0 Å². The Balaban J connectivity index is 1.52. The molecule has 4 rings (SSSR count). The van der Waals surface area contributed by atoms with Gasteiger partial charge in [-0.15, -0.1) is 0 Å². The highest BCUT2D eigenvalue weighted by atomic mass is 16.6. The van der Waals surface area contributed by atoms with Crippen LogP contribution in [0.3, 0.4) is 0 Å². The molecule has 1 saturated carbocycles. The summed E-state index contributed by atoms with van der Waals surface area (Å²) >= 11 is 0. The first-order valence-electron chi connectivity index (χ1n) is 12.3. The van der Waals surface area contributed by atoms with Gasteiger partial charge in [0.1, 0.15) is 6.61 Å². The number of hydrogen-bond acceptors (Lipinski definition) is 5. The van der Waals surface area contributed by atoms with Gasteiger partial charge in [-0.25, -0.2) is 0 Å². The van der Waals surface area contributed by atoms with Gasteiger partial charge in [-0.2, -0.15) is 0 Å². The molecule has 0 N–H and O–H groups in total. The molecular formula is C27H35N3O4. The summed E-state index contributed by atoms with van der Waals surface area (Å²) in [6, 6.07) is 17.7. The van der Waals surface area contributed by atoms with Crippen LogP contribution in [0.15, 0.2) is 54.6 Å². The molecule has 1 heterocycles. The lowest BCUT2D eigenvalue weighted by Crippen LogP contribution is -2.46. The van der Waals surface area contributed by atoms with Gasteiger partial charge >= 0.3 is 0 Å². The van der Waals surface area contributed by atoms with Crippen molar-refractivity contribution in [3.05, 3.63) is 75.8 Å². The zero-order valence-electron chi connectivity index (χ0n) is 20.0. The molecule has 1 saturated heterocycles. The third kappa shape index (κ3) is 6.02. The first-order chi connectivity index (χ1) is 16.5. The van der Waals surface area contributed by atoms with E-state index < -0.39 is 0 Å². The minimum atomic E-state index is -0.363. The van der Waals surface area contributed by atoms with Crippen LogP contribution in [0, 0.1) is 16.0 Å². The molecule has 0 spiro atoms. The van der Waals surface area contributed by atoms with E-state index in [9.17, 15) is 14.9 Å². The van der Waals surface area contributed by atoms with Crippen LogP contribution in [0.2, 0.25) is 0 Å². The molecule has 182 valence electrons. The third-order valence-electron chi connectivity index (χ3n) is 7.33. The van der Waals surface area contributed by atoms with Gasteiger partial charge in [0.25, 0.3) is 5.69 Å². The summed E-state index contributed by atoms with van der Waals surface area (Å²) in [5.41, 5.74) is 2.49. The van der Waals surface area contributed by atoms with Crippen LogP contribution in [0.5, 0.6) is 0 Å². The molecule has 0 radical (unpaired) electrons. The largest absolute Gasteiger partial charge is 0.375 e.